The molecule has 176 valence electrons. The zero-order valence-electron chi connectivity index (χ0n) is 18.3. The molecule has 1 aromatic heterocycles. The van der Waals surface area contributed by atoms with Crippen molar-refractivity contribution >= 4 is 50.4 Å². The molecule has 3 amide bonds. The molecule has 2 aromatic carbocycles. The van der Waals surface area contributed by atoms with E-state index in [9.17, 15) is 18.0 Å². The fourth-order valence-corrected chi connectivity index (χ4v) is 6.50. The summed E-state index contributed by atoms with van der Waals surface area (Å²) >= 11 is 7.18. The molecule has 3 heterocycles. The second-order valence-corrected chi connectivity index (χ2v) is 12.1. The lowest BCUT2D eigenvalue weighted by Gasteiger charge is -2.20. The first-order valence-electron chi connectivity index (χ1n) is 10.8. The number of amides is 3. The molecular weight excluding hydrogens is 494 g/mol. The molecule has 0 aliphatic carbocycles. The van der Waals surface area contributed by atoms with Gasteiger partial charge in [0.25, 0.3) is 5.91 Å². The fraction of sp³-hybridized carbons (Fsp3) is 0.250. The average molecular weight is 516 g/mol. The molecule has 0 spiro atoms. The number of fused-ring (bicyclic) bond motifs is 1. The Morgan fingerprint density at radius 2 is 1.82 bits per heavy atom. The van der Waals surface area contributed by atoms with E-state index in [0.717, 1.165) is 11.3 Å². The SMILES string of the molecule is CS(=O)(=O)c1ccccc1-c1ccc(N2C[C@@H]3[C@H](NC(=O)c4ccc(Cl)s4)CCN3C2=O)cc1. The van der Waals surface area contributed by atoms with Gasteiger partial charge in [0.05, 0.1) is 32.7 Å². The lowest BCUT2D eigenvalue weighted by molar-refractivity contribution is 0.0935. The van der Waals surface area contributed by atoms with Gasteiger partial charge in [0.15, 0.2) is 9.84 Å². The van der Waals surface area contributed by atoms with Crippen molar-refractivity contribution in [2.75, 3.05) is 24.2 Å². The Balaban J connectivity index is 1.33. The number of rotatable bonds is 5. The third kappa shape index (κ3) is 4.19. The van der Waals surface area contributed by atoms with E-state index in [1.807, 2.05) is 24.3 Å². The van der Waals surface area contributed by atoms with Crippen molar-refractivity contribution in [2.45, 2.75) is 23.4 Å². The first kappa shape index (κ1) is 22.9. The molecular formula is C24H22ClN3O4S2. The molecule has 0 radical (unpaired) electrons. The minimum absolute atomic E-state index is 0.0924. The van der Waals surface area contributed by atoms with Gasteiger partial charge >= 0.3 is 6.03 Å². The van der Waals surface area contributed by atoms with Gasteiger partial charge in [-0.15, -0.1) is 11.3 Å². The maximum atomic E-state index is 13.1. The molecule has 5 rings (SSSR count). The van der Waals surface area contributed by atoms with E-state index in [0.29, 0.717) is 34.3 Å². The molecule has 2 atom stereocenters. The van der Waals surface area contributed by atoms with Crippen LogP contribution < -0.4 is 10.2 Å². The molecule has 2 saturated heterocycles. The lowest BCUT2D eigenvalue weighted by Crippen LogP contribution is -2.44. The van der Waals surface area contributed by atoms with Gasteiger partial charge in [-0.05, 0) is 42.3 Å². The van der Waals surface area contributed by atoms with Crippen molar-refractivity contribution in [2.24, 2.45) is 0 Å². The molecule has 1 N–H and O–H groups in total. The topological polar surface area (TPSA) is 86.8 Å². The van der Waals surface area contributed by atoms with E-state index < -0.39 is 9.84 Å². The van der Waals surface area contributed by atoms with Gasteiger partial charge in [-0.2, -0.15) is 0 Å². The Kier molecular flexibility index (Phi) is 5.87. The smallest absolute Gasteiger partial charge is 0.324 e. The number of carbonyl (C=O) groups excluding carboxylic acids is 2. The average Bonchev–Trinajstić information content (AvgIpc) is 3.51. The quantitative estimate of drug-likeness (QED) is 0.549. The summed E-state index contributed by atoms with van der Waals surface area (Å²) < 4.78 is 24.9. The summed E-state index contributed by atoms with van der Waals surface area (Å²) in [5, 5.41) is 3.06. The molecule has 7 nitrogen and oxygen atoms in total. The maximum Gasteiger partial charge on any atom is 0.324 e. The van der Waals surface area contributed by atoms with E-state index in [-0.39, 0.29) is 28.9 Å². The van der Waals surface area contributed by atoms with Gasteiger partial charge in [-0.1, -0.05) is 41.9 Å². The minimum Gasteiger partial charge on any atom is -0.346 e. The van der Waals surface area contributed by atoms with Crippen LogP contribution in [0.2, 0.25) is 4.34 Å². The monoisotopic (exact) mass is 515 g/mol. The van der Waals surface area contributed by atoms with Crippen LogP contribution in [0.3, 0.4) is 0 Å². The number of nitrogens with zero attached hydrogens (tertiary/aromatic N) is 2. The largest absolute Gasteiger partial charge is 0.346 e. The maximum absolute atomic E-state index is 13.1. The predicted octanol–water partition coefficient (Wildman–Crippen LogP) is 4.28. The van der Waals surface area contributed by atoms with Crippen LogP contribution in [0.25, 0.3) is 11.1 Å². The van der Waals surface area contributed by atoms with Gasteiger partial charge in [0.2, 0.25) is 0 Å². The summed E-state index contributed by atoms with van der Waals surface area (Å²) in [6.45, 7) is 1.05. The highest BCUT2D eigenvalue weighted by atomic mass is 35.5. The number of nitrogens with one attached hydrogen (secondary N) is 1. The molecule has 10 heteroatoms. The van der Waals surface area contributed by atoms with Crippen LogP contribution in [0.4, 0.5) is 10.5 Å². The van der Waals surface area contributed by atoms with Crippen LogP contribution in [0.15, 0.2) is 65.6 Å². The number of sulfone groups is 1. The standard InChI is InChI=1S/C24H22ClN3O4S2/c1-34(31,32)21-5-3-2-4-17(21)15-6-8-16(9-7-15)28-14-19-18(12-13-27(19)24(28)30)26-23(29)20-10-11-22(25)33-20/h2-11,18-19H,12-14H2,1H3,(H,26,29)/t18-,19-/m1/s1. The molecule has 2 fully saturated rings. The van der Waals surface area contributed by atoms with Crippen molar-refractivity contribution < 1.29 is 18.0 Å². The number of thiophene rings is 1. The Morgan fingerprint density at radius 3 is 2.50 bits per heavy atom. The minimum atomic E-state index is -3.37. The number of halogens is 1. The van der Waals surface area contributed by atoms with Gasteiger partial charge < -0.3 is 10.2 Å². The number of urea groups is 1. The van der Waals surface area contributed by atoms with E-state index in [4.69, 9.17) is 11.6 Å². The fourth-order valence-electron chi connectivity index (χ4n) is 4.65. The summed E-state index contributed by atoms with van der Waals surface area (Å²) in [7, 11) is -3.37. The third-order valence-electron chi connectivity index (χ3n) is 6.28. The summed E-state index contributed by atoms with van der Waals surface area (Å²) in [5.74, 6) is -0.177. The zero-order valence-corrected chi connectivity index (χ0v) is 20.7. The van der Waals surface area contributed by atoms with E-state index in [2.05, 4.69) is 5.32 Å². The predicted molar refractivity (Wildman–Crippen MR) is 133 cm³/mol. The van der Waals surface area contributed by atoms with Gasteiger partial charge in [-0.3, -0.25) is 9.69 Å². The number of anilines is 1. The summed E-state index contributed by atoms with van der Waals surface area (Å²) in [6.07, 6.45) is 1.90. The molecule has 0 bridgehead atoms. The second kappa shape index (κ2) is 8.72. The number of carbonyl (C=O) groups is 2. The van der Waals surface area contributed by atoms with Crippen LogP contribution in [-0.2, 0) is 9.84 Å². The molecule has 0 unspecified atom stereocenters. The van der Waals surface area contributed by atoms with E-state index >= 15 is 0 Å². The van der Waals surface area contributed by atoms with Gasteiger partial charge in [0.1, 0.15) is 0 Å². The highest BCUT2D eigenvalue weighted by Crippen LogP contribution is 2.33. The van der Waals surface area contributed by atoms with Crippen LogP contribution in [-0.4, -0.2) is 56.7 Å². The summed E-state index contributed by atoms with van der Waals surface area (Å²) in [4.78, 5) is 30.0. The van der Waals surface area contributed by atoms with Crippen molar-refractivity contribution in [1.82, 2.24) is 10.2 Å². The molecule has 0 saturated carbocycles. The molecule has 2 aliphatic heterocycles. The van der Waals surface area contributed by atoms with Gasteiger partial charge in [0, 0.05) is 24.1 Å². The van der Waals surface area contributed by atoms with Crippen LogP contribution >= 0.6 is 22.9 Å². The van der Waals surface area contributed by atoms with Crippen molar-refractivity contribution in [3.8, 4) is 11.1 Å². The Hall–Kier alpha value is -2.88. The lowest BCUT2D eigenvalue weighted by atomic mass is 10.0. The summed E-state index contributed by atoms with van der Waals surface area (Å²) in [6, 6.07) is 17.2. The van der Waals surface area contributed by atoms with Crippen molar-refractivity contribution in [1.29, 1.82) is 0 Å². The normalized spacial score (nSPS) is 20.0. The van der Waals surface area contributed by atoms with E-state index in [1.165, 1.54) is 17.6 Å². The number of hydrogen-bond acceptors (Lipinski definition) is 5. The Morgan fingerprint density at radius 1 is 1.09 bits per heavy atom. The van der Waals surface area contributed by atoms with Crippen LogP contribution in [0.5, 0.6) is 0 Å². The zero-order chi connectivity index (χ0) is 24.0. The van der Waals surface area contributed by atoms with Crippen LogP contribution in [0.1, 0.15) is 16.1 Å². The Bertz CT molecular complexity index is 1370. The van der Waals surface area contributed by atoms with Crippen molar-refractivity contribution in [3.05, 3.63) is 69.9 Å². The number of benzene rings is 2. The van der Waals surface area contributed by atoms with Gasteiger partial charge in [-0.25, -0.2) is 13.2 Å². The van der Waals surface area contributed by atoms with Crippen molar-refractivity contribution in [3.63, 3.8) is 0 Å². The molecule has 2 aliphatic rings. The first-order chi connectivity index (χ1) is 16.2. The Labute approximate surface area is 206 Å². The highest BCUT2D eigenvalue weighted by molar-refractivity contribution is 7.90. The highest BCUT2D eigenvalue weighted by Gasteiger charge is 2.46. The first-order valence-corrected chi connectivity index (χ1v) is 13.8. The van der Waals surface area contributed by atoms with Crippen LogP contribution in [0, 0.1) is 0 Å². The number of hydrogen-bond donors (Lipinski definition) is 1. The molecule has 34 heavy (non-hydrogen) atoms. The molecule has 3 aromatic rings. The second-order valence-electron chi connectivity index (χ2n) is 8.44. The van der Waals surface area contributed by atoms with E-state index in [1.54, 1.807) is 46.2 Å². The summed E-state index contributed by atoms with van der Waals surface area (Å²) in [5.41, 5.74) is 2.12. The third-order valence-corrected chi connectivity index (χ3v) is 8.67.